The van der Waals surface area contributed by atoms with Crippen LogP contribution in [0.2, 0.25) is 0 Å². The molecule has 0 amide bonds. The predicted molar refractivity (Wildman–Crippen MR) is 99.8 cm³/mol. The second kappa shape index (κ2) is 7.19. The van der Waals surface area contributed by atoms with Crippen molar-refractivity contribution in [3.8, 4) is 22.8 Å². The van der Waals surface area contributed by atoms with Crippen molar-refractivity contribution in [2.75, 3.05) is 5.43 Å². The lowest BCUT2D eigenvalue weighted by molar-refractivity contribution is -0.384. The number of hydrogen-bond donors (Lipinski definition) is 3. The number of nitrogens with one attached hydrogen (secondary N) is 1. The minimum atomic E-state index is -0.450. The molecule has 3 aromatic rings. The van der Waals surface area contributed by atoms with Gasteiger partial charge in [0.2, 0.25) is 5.13 Å². The summed E-state index contributed by atoms with van der Waals surface area (Å²) >= 11 is 1.33. The lowest BCUT2D eigenvalue weighted by Gasteiger charge is -2.04. The molecular formula is C17H14N4O4S. The fourth-order valence-electron chi connectivity index (χ4n) is 2.23. The summed E-state index contributed by atoms with van der Waals surface area (Å²) in [6, 6.07) is 10.4. The van der Waals surface area contributed by atoms with Gasteiger partial charge in [0.15, 0.2) is 0 Å². The van der Waals surface area contributed by atoms with Gasteiger partial charge in [0.25, 0.3) is 5.69 Å². The molecule has 0 fully saturated rings. The molecule has 3 N–H and O–H groups in total. The van der Waals surface area contributed by atoms with Crippen molar-refractivity contribution in [1.29, 1.82) is 0 Å². The molecule has 0 aliphatic rings. The molecule has 0 spiro atoms. The van der Waals surface area contributed by atoms with E-state index in [1.165, 1.54) is 35.6 Å². The first kappa shape index (κ1) is 17.4. The molecule has 9 heteroatoms. The van der Waals surface area contributed by atoms with E-state index in [2.05, 4.69) is 15.5 Å². The Morgan fingerprint density at radius 2 is 1.96 bits per heavy atom. The number of thiazole rings is 1. The van der Waals surface area contributed by atoms with Crippen LogP contribution < -0.4 is 5.43 Å². The van der Waals surface area contributed by atoms with Gasteiger partial charge < -0.3 is 10.2 Å². The van der Waals surface area contributed by atoms with E-state index >= 15 is 0 Å². The lowest BCUT2D eigenvalue weighted by Crippen LogP contribution is -2.00. The molecule has 132 valence electrons. The number of non-ortho nitro benzene ring substituents is 1. The van der Waals surface area contributed by atoms with E-state index in [4.69, 9.17) is 0 Å². The van der Waals surface area contributed by atoms with E-state index in [0.717, 1.165) is 5.56 Å². The lowest BCUT2D eigenvalue weighted by atomic mass is 10.1. The summed E-state index contributed by atoms with van der Waals surface area (Å²) in [4.78, 5) is 14.6. The van der Waals surface area contributed by atoms with Crippen molar-refractivity contribution in [1.82, 2.24) is 4.98 Å². The van der Waals surface area contributed by atoms with Crippen LogP contribution in [0.1, 0.15) is 12.5 Å². The highest BCUT2D eigenvalue weighted by molar-refractivity contribution is 7.14. The zero-order chi connectivity index (χ0) is 18.7. The van der Waals surface area contributed by atoms with E-state index in [-0.39, 0.29) is 17.2 Å². The van der Waals surface area contributed by atoms with Gasteiger partial charge in [-0.1, -0.05) is 0 Å². The number of nitro benzene ring substituents is 1. The molecule has 1 aromatic heterocycles. The number of aromatic nitrogens is 1. The van der Waals surface area contributed by atoms with Gasteiger partial charge in [0, 0.05) is 34.7 Å². The van der Waals surface area contributed by atoms with Crippen molar-refractivity contribution in [3.63, 3.8) is 0 Å². The molecule has 3 rings (SSSR count). The summed E-state index contributed by atoms with van der Waals surface area (Å²) in [6.07, 6.45) is 0. The van der Waals surface area contributed by atoms with E-state index < -0.39 is 4.92 Å². The Bertz CT molecular complexity index is 983. The summed E-state index contributed by atoms with van der Waals surface area (Å²) in [5, 5.41) is 36.4. The van der Waals surface area contributed by atoms with Gasteiger partial charge in [-0.3, -0.25) is 15.5 Å². The summed E-state index contributed by atoms with van der Waals surface area (Å²) in [5.41, 5.74) is 5.29. The smallest absolute Gasteiger partial charge is 0.269 e. The van der Waals surface area contributed by atoms with Crippen molar-refractivity contribution >= 4 is 27.9 Å². The molecule has 0 saturated heterocycles. The van der Waals surface area contributed by atoms with Gasteiger partial charge in [0.05, 0.1) is 16.3 Å². The molecule has 2 aromatic carbocycles. The van der Waals surface area contributed by atoms with Crippen LogP contribution >= 0.6 is 11.3 Å². The second-order valence-corrected chi connectivity index (χ2v) is 6.21. The Morgan fingerprint density at radius 3 is 2.62 bits per heavy atom. The Morgan fingerprint density at radius 1 is 1.23 bits per heavy atom. The van der Waals surface area contributed by atoms with Gasteiger partial charge in [-0.05, 0) is 31.2 Å². The molecule has 0 unspecified atom stereocenters. The molecule has 1 heterocycles. The maximum atomic E-state index is 10.7. The zero-order valence-corrected chi connectivity index (χ0v) is 14.4. The van der Waals surface area contributed by atoms with Gasteiger partial charge in [-0.15, -0.1) is 11.3 Å². The first-order valence-corrected chi connectivity index (χ1v) is 8.35. The van der Waals surface area contributed by atoms with E-state index in [1.54, 1.807) is 25.1 Å². The third-order valence-corrected chi connectivity index (χ3v) is 4.32. The summed E-state index contributed by atoms with van der Waals surface area (Å²) in [7, 11) is 0. The maximum Gasteiger partial charge on any atom is 0.269 e. The highest BCUT2D eigenvalue weighted by Gasteiger charge is 2.09. The third kappa shape index (κ3) is 3.78. The second-order valence-electron chi connectivity index (χ2n) is 5.35. The standard InChI is InChI=1S/C17H14N4O4S/c1-10(14-7-6-13(22)8-16(14)23)19-20-17-18-15(9-26-17)11-2-4-12(5-3-11)21(24)25/h2-9,22-23H,1H3,(H,18,20)/b19-10+. The number of nitro groups is 1. The molecule has 0 saturated carbocycles. The topological polar surface area (TPSA) is 121 Å². The highest BCUT2D eigenvalue weighted by Crippen LogP contribution is 2.27. The quantitative estimate of drug-likeness (QED) is 0.355. The summed E-state index contributed by atoms with van der Waals surface area (Å²) < 4.78 is 0. The average molecular weight is 370 g/mol. The van der Waals surface area contributed by atoms with Crippen LogP contribution in [0.5, 0.6) is 11.5 Å². The van der Waals surface area contributed by atoms with Crippen LogP contribution in [0, 0.1) is 10.1 Å². The first-order valence-electron chi connectivity index (χ1n) is 7.47. The average Bonchev–Trinajstić information content (AvgIpc) is 3.09. The van der Waals surface area contributed by atoms with Crippen molar-refractivity contribution in [2.24, 2.45) is 5.10 Å². The Hall–Kier alpha value is -3.46. The normalized spacial score (nSPS) is 11.3. The molecule has 0 bridgehead atoms. The van der Waals surface area contributed by atoms with Crippen LogP contribution in [-0.4, -0.2) is 25.8 Å². The minimum Gasteiger partial charge on any atom is -0.508 e. The molecule has 0 atom stereocenters. The van der Waals surface area contributed by atoms with Crippen molar-refractivity contribution in [2.45, 2.75) is 6.92 Å². The minimum absolute atomic E-state index is 0.0243. The monoisotopic (exact) mass is 370 g/mol. The highest BCUT2D eigenvalue weighted by atomic mass is 32.1. The zero-order valence-electron chi connectivity index (χ0n) is 13.6. The van der Waals surface area contributed by atoms with Crippen LogP contribution in [0.3, 0.4) is 0 Å². The summed E-state index contributed by atoms with van der Waals surface area (Å²) in [5.74, 6) is -0.0987. The predicted octanol–water partition coefficient (Wildman–Crippen LogP) is 3.97. The number of phenolic OH excluding ortho intramolecular Hbond substituents is 2. The number of hydrazone groups is 1. The molecule has 0 aliphatic heterocycles. The number of hydrogen-bond acceptors (Lipinski definition) is 8. The fourth-order valence-corrected chi connectivity index (χ4v) is 2.89. The Labute approximate surface area is 152 Å². The van der Waals surface area contributed by atoms with E-state index in [1.807, 2.05) is 5.38 Å². The first-order chi connectivity index (χ1) is 12.4. The number of aromatic hydroxyl groups is 2. The van der Waals surface area contributed by atoms with Crippen LogP contribution in [0.25, 0.3) is 11.3 Å². The summed E-state index contributed by atoms with van der Waals surface area (Å²) in [6.45, 7) is 1.71. The van der Waals surface area contributed by atoms with Crippen molar-refractivity contribution < 1.29 is 15.1 Å². The van der Waals surface area contributed by atoms with Gasteiger partial charge >= 0.3 is 0 Å². The van der Waals surface area contributed by atoms with Crippen molar-refractivity contribution in [3.05, 3.63) is 63.5 Å². The van der Waals surface area contributed by atoms with E-state index in [9.17, 15) is 20.3 Å². The number of benzene rings is 2. The van der Waals surface area contributed by atoms with Crippen LogP contribution in [0.15, 0.2) is 52.9 Å². The molecule has 26 heavy (non-hydrogen) atoms. The Kier molecular flexibility index (Phi) is 4.81. The maximum absolute atomic E-state index is 10.7. The number of anilines is 1. The molecule has 0 radical (unpaired) electrons. The van der Waals surface area contributed by atoms with Crippen LogP contribution in [-0.2, 0) is 0 Å². The van der Waals surface area contributed by atoms with Crippen LogP contribution in [0.4, 0.5) is 10.8 Å². The van der Waals surface area contributed by atoms with Gasteiger partial charge in [-0.25, -0.2) is 4.98 Å². The van der Waals surface area contributed by atoms with E-state index in [0.29, 0.717) is 22.1 Å². The number of phenols is 2. The van der Waals surface area contributed by atoms with Gasteiger partial charge in [0.1, 0.15) is 11.5 Å². The number of rotatable bonds is 5. The SMILES string of the molecule is C/C(=N\Nc1nc(-c2ccc([N+](=O)[O-])cc2)cs1)c1ccc(O)cc1O. The Balaban J connectivity index is 1.74. The third-order valence-electron chi connectivity index (χ3n) is 3.57. The largest absolute Gasteiger partial charge is 0.508 e. The molecule has 0 aliphatic carbocycles. The van der Waals surface area contributed by atoms with Gasteiger partial charge in [-0.2, -0.15) is 5.10 Å². The molecular weight excluding hydrogens is 356 g/mol. The molecule has 8 nitrogen and oxygen atoms in total. The number of nitrogens with zero attached hydrogens (tertiary/aromatic N) is 3. The fraction of sp³-hybridized carbons (Fsp3) is 0.0588.